The lowest BCUT2D eigenvalue weighted by atomic mass is 9.94. The third kappa shape index (κ3) is 3.00. The number of Topliss-reactive ketones (excluding diaryl/α,β-unsaturated/α-hetero) is 1. The second-order valence-corrected chi connectivity index (χ2v) is 5.18. The number of fused-ring (bicyclic) bond motifs is 1. The molecule has 0 radical (unpaired) electrons. The summed E-state index contributed by atoms with van der Waals surface area (Å²) in [5.74, 6) is -0.561. The summed E-state index contributed by atoms with van der Waals surface area (Å²) in [4.78, 5) is 23.3. The Labute approximate surface area is 112 Å². The molecule has 0 spiro atoms. The Morgan fingerprint density at radius 2 is 2.16 bits per heavy atom. The molecular weight excluding hydrogens is 245 g/mol. The Balaban J connectivity index is 2.27. The SMILES string of the molecule is CCC(C)CC(=O)c1cc2c(cc1F)NC(=O)CC2. The average molecular weight is 263 g/mol. The maximum atomic E-state index is 13.9. The van der Waals surface area contributed by atoms with Crippen LogP contribution in [-0.4, -0.2) is 11.7 Å². The quantitative estimate of drug-likeness (QED) is 0.847. The second-order valence-electron chi connectivity index (χ2n) is 5.18. The number of anilines is 1. The van der Waals surface area contributed by atoms with Gasteiger partial charge in [-0.15, -0.1) is 0 Å². The van der Waals surface area contributed by atoms with Crippen molar-refractivity contribution < 1.29 is 14.0 Å². The Hall–Kier alpha value is -1.71. The smallest absolute Gasteiger partial charge is 0.224 e. The van der Waals surface area contributed by atoms with Gasteiger partial charge in [-0.1, -0.05) is 20.3 Å². The molecule has 1 amide bonds. The molecule has 1 aromatic rings. The van der Waals surface area contributed by atoms with Gasteiger partial charge in [0.15, 0.2) is 5.78 Å². The molecule has 19 heavy (non-hydrogen) atoms. The Kier molecular flexibility index (Phi) is 3.98. The van der Waals surface area contributed by atoms with Crippen LogP contribution >= 0.6 is 0 Å². The van der Waals surface area contributed by atoms with Crippen LogP contribution in [0.15, 0.2) is 12.1 Å². The van der Waals surface area contributed by atoms with E-state index in [9.17, 15) is 14.0 Å². The maximum absolute atomic E-state index is 13.9. The van der Waals surface area contributed by atoms with Gasteiger partial charge in [-0.2, -0.15) is 0 Å². The average Bonchev–Trinajstić information content (AvgIpc) is 2.37. The Morgan fingerprint density at radius 3 is 2.84 bits per heavy atom. The van der Waals surface area contributed by atoms with Crippen LogP contribution in [0, 0.1) is 11.7 Å². The fourth-order valence-corrected chi connectivity index (χ4v) is 2.19. The number of rotatable bonds is 4. The van der Waals surface area contributed by atoms with Gasteiger partial charge >= 0.3 is 0 Å². The molecule has 102 valence electrons. The van der Waals surface area contributed by atoms with E-state index in [1.165, 1.54) is 6.07 Å². The van der Waals surface area contributed by atoms with Gasteiger partial charge in [0.05, 0.1) is 5.56 Å². The minimum absolute atomic E-state index is 0.106. The molecule has 1 aliphatic rings. The fourth-order valence-electron chi connectivity index (χ4n) is 2.19. The molecule has 1 atom stereocenters. The molecule has 4 heteroatoms. The highest BCUT2D eigenvalue weighted by Gasteiger charge is 2.21. The van der Waals surface area contributed by atoms with E-state index in [0.29, 0.717) is 24.9 Å². The zero-order valence-electron chi connectivity index (χ0n) is 11.3. The van der Waals surface area contributed by atoms with Gasteiger partial charge in [0.2, 0.25) is 5.91 Å². The van der Waals surface area contributed by atoms with Crippen molar-refractivity contribution >= 4 is 17.4 Å². The zero-order chi connectivity index (χ0) is 14.0. The van der Waals surface area contributed by atoms with Crippen LogP contribution in [0.3, 0.4) is 0 Å². The molecule has 2 rings (SSSR count). The number of benzene rings is 1. The number of amides is 1. The predicted octanol–water partition coefficient (Wildman–Crippen LogP) is 3.33. The number of nitrogens with one attached hydrogen (secondary N) is 1. The van der Waals surface area contributed by atoms with Gasteiger partial charge in [-0.3, -0.25) is 9.59 Å². The lowest BCUT2D eigenvalue weighted by Gasteiger charge is -2.18. The summed E-state index contributed by atoms with van der Waals surface area (Å²) in [6.45, 7) is 3.99. The van der Waals surface area contributed by atoms with Crippen molar-refractivity contribution in [3.8, 4) is 0 Å². The molecule has 0 aromatic heterocycles. The minimum atomic E-state index is -0.547. The number of hydrogen-bond acceptors (Lipinski definition) is 2. The van der Waals surface area contributed by atoms with Crippen molar-refractivity contribution in [3.63, 3.8) is 0 Å². The second kappa shape index (κ2) is 5.51. The van der Waals surface area contributed by atoms with Crippen LogP contribution < -0.4 is 5.32 Å². The lowest BCUT2D eigenvalue weighted by molar-refractivity contribution is -0.116. The summed E-state index contributed by atoms with van der Waals surface area (Å²) in [6, 6.07) is 2.85. The van der Waals surface area contributed by atoms with Crippen molar-refractivity contribution in [3.05, 3.63) is 29.1 Å². The molecule has 1 aliphatic heterocycles. The molecule has 0 saturated carbocycles. The number of hydrogen-bond donors (Lipinski definition) is 1. The summed E-state index contributed by atoms with van der Waals surface area (Å²) in [5.41, 5.74) is 1.48. The number of carbonyl (C=O) groups is 2. The van der Waals surface area contributed by atoms with Crippen LogP contribution in [0.5, 0.6) is 0 Å². The summed E-state index contributed by atoms with van der Waals surface area (Å²) in [7, 11) is 0. The molecule has 1 N–H and O–H groups in total. The number of carbonyl (C=O) groups excluding carboxylic acids is 2. The third-order valence-corrected chi connectivity index (χ3v) is 3.62. The summed E-state index contributed by atoms with van der Waals surface area (Å²) in [5, 5.41) is 2.63. The number of aryl methyl sites for hydroxylation is 1. The van der Waals surface area contributed by atoms with Crippen molar-refractivity contribution in [2.45, 2.75) is 39.5 Å². The largest absolute Gasteiger partial charge is 0.326 e. The normalized spacial score (nSPS) is 15.6. The van der Waals surface area contributed by atoms with Crippen LogP contribution in [0.2, 0.25) is 0 Å². The molecule has 1 unspecified atom stereocenters. The van der Waals surface area contributed by atoms with Crippen LogP contribution in [0.25, 0.3) is 0 Å². The van der Waals surface area contributed by atoms with E-state index in [0.717, 1.165) is 12.0 Å². The predicted molar refractivity (Wildman–Crippen MR) is 71.8 cm³/mol. The molecule has 1 aromatic carbocycles. The van der Waals surface area contributed by atoms with Crippen molar-refractivity contribution in [2.75, 3.05) is 5.32 Å². The number of ketones is 1. The van der Waals surface area contributed by atoms with Crippen LogP contribution in [0.4, 0.5) is 10.1 Å². The van der Waals surface area contributed by atoms with E-state index in [4.69, 9.17) is 0 Å². The summed E-state index contributed by atoms with van der Waals surface area (Å²) in [6.07, 6.45) is 2.20. The van der Waals surface area contributed by atoms with Gasteiger partial charge in [0, 0.05) is 18.5 Å². The van der Waals surface area contributed by atoms with Crippen molar-refractivity contribution in [1.82, 2.24) is 0 Å². The molecular formula is C15H18FNO2. The van der Waals surface area contributed by atoms with E-state index in [1.54, 1.807) is 6.07 Å². The van der Waals surface area contributed by atoms with Crippen LogP contribution in [0.1, 0.15) is 49.0 Å². The maximum Gasteiger partial charge on any atom is 0.224 e. The first-order valence-corrected chi connectivity index (χ1v) is 6.66. The topological polar surface area (TPSA) is 46.2 Å². The number of halogens is 1. The summed E-state index contributed by atoms with van der Waals surface area (Å²) >= 11 is 0. The van der Waals surface area contributed by atoms with Gasteiger partial charge < -0.3 is 5.32 Å². The first-order chi connectivity index (χ1) is 9.01. The van der Waals surface area contributed by atoms with Gasteiger partial charge in [0.25, 0.3) is 0 Å². The standard InChI is InChI=1S/C15H18FNO2/c1-3-9(2)6-14(18)11-7-10-4-5-15(19)17-13(10)8-12(11)16/h7-9H,3-6H2,1-2H3,(H,17,19). The van der Waals surface area contributed by atoms with Gasteiger partial charge in [-0.05, 0) is 30.0 Å². The third-order valence-electron chi connectivity index (χ3n) is 3.62. The molecule has 1 heterocycles. The molecule has 0 saturated heterocycles. The monoisotopic (exact) mass is 263 g/mol. The minimum Gasteiger partial charge on any atom is -0.326 e. The Morgan fingerprint density at radius 1 is 1.42 bits per heavy atom. The molecule has 0 bridgehead atoms. The van der Waals surface area contributed by atoms with Crippen LogP contribution in [-0.2, 0) is 11.2 Å². The zero-order valence-corrected chi connectivity index (χ0v) is 11.3. The van der Waals surface area contributed by atoms with E-state index < -0.39 is 5.82 Å². The Bertz CT molecular complexity index is 525. The van der Waals surface area contributed by atoms with Gasteiger partial charge in [0.1, 0.15) is 5.82 Å². The highest BCUT2D eigenvalue weighted by molar-refractivity contribution is 5.99. The molecule has 3 nitrogen and oxygen atoms in total. The first-order valence-electron chi connectivity index (χ1n) is 6.66. The first kappa shape index (κ1) is 13.7. The van der Waals surface area contributed by atoms with E-state index >= 15 is 0 Å². The van der Waals surface area contributed by atoms with E-state index in [2.05, 4.69) is 5.32 Å². The highest BCUT2D eigenvalue weighted by atomic mass is 19.1. The van der Waals surface area contributed by atoms with Crippen molar-refractivity contribution in [2.24, 2.45) is 5.92 Å². The van der Waals surface area contributed by atoms with E-state index in [1.807, 2.05) is 13.8 Å². The van der Waals surface area contributed by atoms with Gasteiger partial charge in [-0.25, -0.2) is 4.39 Å². The van der Waals surface area contributed by atoms with E-state index in [-0.39, 0.29) is 23.2 Å². The van der Waals surface area contributed by atoms with Crippen molar-refractivity contribution in [1.29, 1.82) is 0 Å². The lowest BCUT2D eigenvalue weighted by Crippen LogP contribution is -2.20. The highest BCUT2D eigenvalue weighted by Crippen LogP contribution is 2.27. The molecule has 0 fully saturated rings. The fraction of sp³-hybridized carbons (Fsp3) is 0.467. The molecule has 0 aliphatic carbocycles. The summed E-state index contributed by atoms with van der Waals surface area (Å²) < 4.78 is 13.9.